The van der Waals surface area contributed by atoms with E-state index in [2.05, 4.69) is 0 Å². The number of benzene rings is 2. The van der Waals surface area contributed by atoms with E-state index in [0.29, 0.717) is 12.0 Å². The Morgan fingerprint density at radius 3 is 2.55 bits per heavy atom. The SMILES string of the molecule is CC1O[C@H](OCc2cc(O)c3c(c2)C(=O)c2cccc(O)c2C3=O)C[C@H](N)[C@H]1O. The second-order valence-electron chi connectivity index (χ2n) is 7.37. The number of carbonyl (C=O) groups is 2. The Balaban J connectivity index is 1.60. The number of phenolic OH excluding ortho intramolecular Hbond substituents is 2. The van der Waals surface area contributed by atoms with Crippen LogP contribution in [0.3, 0.4) is 0 Å². The van der Waals surface area contributed by atoms with Crippen LogP contribution < -0.4 is 5.73 Å². The highest BCUT2D eigenvalue weighted by molar-refractivity contribution is 6.30. The van der Waals surface area contributed by atoms with Crippen LogP contribution in [0.1, 0.15) is 50.8 Å². The van der Waals surface area contributed by atoms with Crippen LogP contribution in [0, 0.1) is 0 Å². The van der Waals surface area contributed by atoms with Gasteiger partial charge in [0.2, 0.25) is 5.78 Å². The predicted molar refractivity (Wildman–Crippen MR) is 101 cm³/mol. The van der Waals surface area contributed by atoms with Gasteiger partial charge in [-0.1, -0.05) is 12.1 Å². The van der Waals surface area contributed by atoms with E-state index in [1.165, 1.54) is 30.3 Å². The van der Waals surface area contributed by atoms with Gasteiger partial charge >= 0.3 is 0 Å². The number of ether oxygens (including phenoxy) is 2. The summed E-state index contributed by atoms with van der Waals surface area (Å²) >= 11 is 0. The molecule has 1 saturated heterocycles. The lowest BCUT2D eigenvalue weighted by Crippen LogP contribution is -2.51. The fourth-order valence-corrected chi connectivity index (χ4v) is 3.81. The molecule has 0 radical (unpaired) electrons. The van der Waals surface area contributed by atoms with Crippen molar-refractivity contribution in [3.8, 4) is 11.5 Å². The van der Waals surface area contributed by atoms with E-state index < -0.39 is 36.1 Å². The molecule has 2 aliphatic rings. The number of carbonyl (C=O) groups excluding carboxylic acids is 2. The molecule has 1 aliphatic heterocycles. The highest BCUT2D eigenvalue weighted by Crippen LogP contribution is 2.37. The quantitative estimate of drug-likeness (QED) is 0.515. The predicted octanol–water partition coefficient (Wildman–Crippen LogP) is 1.21. The van der Waals surface area contributed by atoms with Crippen LogP contribution in [0.4, 0.5) is 0 Å². The van der Waals surface area contributed by atoms with Crippen molar-refractivity contribution in [1.82, 2.24) is 0 Å². The summed E-state index contributed by atoms with van der Waals surface area (Å²) < 4.78 is 11.3. The van der Waals surface area contributed by atoms with Crippen LogP contribution >= 0.6 is 0 Å². The number of aliphatic hydroxyl groups excluding tert-OH is 1. The first kappa shape index (κ1) is 19.5. The minimum absolute atomic E-state index is 0.00933. The molecule has 1 heterocycles. The molecule has 8 nitrogen and oxygen atoms in total. The Morgan fingerprint density at radius 1 is 1.10 bits per heavy atom. The lowest BCUT2D eigenvalue weighted by molar-refractivity contribution is -0.226. The van der Waals surface area contributed by atoms with Crippen molar-refractivity contribution in [2.75, 3.05) is 0 Å². The molecule has 5 N–H and O–H groups in total. The van der Waals surface area contributed by atoms with E-state index in [1.807, 2.05) is 0 Å². The molecular weight excluding hydrogens is 378 g/mol. The minimum atomic E-state index is -0.775. The van der Waals surface area contributed by atoms with Gasteiger partial charge in [0.25, 0.3) is 0 Å². The summed E-state index contributed by atoms with van der Waals surface area (Å²) in [6, 6.07) is 6.61. The third kappa shape index (κ3) is 3.30. The maximum atomic E-state index is 12.9. The van der Waals surface area contributed by atoms with Gasteiger partial charge in [0.05, 0.1) is 29.9 Å². The Labute approximate surface area is 166 Å². The van der Waals surface area contributed by atoms with Crippen LogP contribution in [0.25, 0.3) is 0 Å². The minimum Gasteiger partial charge on any atom is -0.507 e. The Hall–Kier alpha value is -2.78. The molecule has 1 fully saturated rings. The van der Waals surface area contributed by atoms with Crippen molar-refractivity contribution in [2.45, 2.75) is 44.5 Å². The monoisotopic (exact) mass is 399 g/mol. The van der Waals surface area contributed by atoms with E-state index in [4.69, 9.17) is 15.2 Å². The molecule has 4 rings (SSSR count). The van der Waals surface area contributed by atoms with Crippen molar-refractivity contribution < 1.29 is 34.4 Å². The number of hydrogen-bond donors (Lipinski definition) is 4. The summed E-state index contributed by atoms with van der Waals surface area (Å²) in [5.41, 5.74) is 6.25. The zero-order chi connectivity index (χ0) is 20.9. The zero-order valence-electron chi connectivity index (χ0n) is 15.7. The summed E-state index contributed by atoms with van der Waals surface area (Å²) in [4.78, 5) is 25.6. The fraction of sp³-hybridized carbons (Fsp3) is 0.333. The molecule has 0 aromatic heterocycles. The molecule has 0 saturated carbocycles. The summed E-state index contributed by atoms with van der Waals surface area (Å²) in [6.07, 6.45) is -1.60. The first-order valence-corrected chi connectivity index (χ1v) is 9.26. The van der Waals surface area contributed by atoms with Crippen LogP contribution in [0.5, 0.6) is 11.5 Å². The number of aromatic hydroxyl groups is 2. The maximum absolute atomic E-state index is 12.9. The summed E-state index contributed by atoms with van der Waals surface area (Å²) in [6.45, 7) is 1.71. The van der Waals surface area contributed by atoms with Gasteiger partial charge < -0.3 is 30.5 Å². The highest BCUT2D eigenvalue weighted by atomic mass is 16.7. The van der Waals surface area contributed by atoms with Crippen LogP contribution in [-0.4, -0.2) is 51.4 Å². The van der Waals surface area contributed by atoms with Gasteiger partial charge in [-0.25, -0.2) is 0 Å². The second-order valence-corrected chi connectivity index (χ2v) is 7.37. The molecular formula is C21H21NO7. The molecule has 2 aromatic rings. The van der Waals surface area contributed by atoms with Crippen molar-refractivity contribution in [3.63, 3.8) is 0 Å². The number of nitrogens with two attached hydrogens (primary N) is 1. The third-order valence-corrected chi connectivity index (χ3v) is 5.35. The van der Waals surface area contributed by atoms with Crippen molar-refractivity contribution >= 4 is 11.6 Å². The Morgan fingerprint density at radius 2 is 1.83 bits per heavy atom. The summed E-state index contributed by atoms with van der Waals surface area (Å²) in [7, 11) is 0. The van der Waals surface area contributed by atoms with Crippen molar-refractivity contribution in [3.05, 3.63) is 58.1 Å². The van der Waals surface area contributed by atoms with Gasteiger partial charge in [-0.2, -0.15) is 0 Å². The second kappa shape index (κ2) is 7.23. The number of ketones is 2. The molecule has 1 unspecified atom stereocenters. The van der Waals surface area contributed by atoms with Crippen molar-refractivity contribution in [1.29, 1.82) is 0 Å². The Kier molecular flexibility index (Phi) is 4.87. The van der Waals surface area contributed by atoms with E-state index in [0.717, 1.165) is 0 Å². The largest absolute Gasteiger partial charge is 0.507 e. The van der Waals surface area contributed by atoms with Crippen LogP contribution in [0.2, 0.25) is 0 Å². The highest BCUT2D eigenvalue weighted by Gasteiger charge is 2.35. The van der Waals surface area contributed by atoms with Crippen LogP contribution in [-0.2, 0) is 16.1 Å². The number of rotatable bonds is 3. The fourth-order valence-electron chi connectivity index (χ4n) is 3.81. The van der Waals surface area contributed by atoms with Crippen LogP contribution in [0.15, 0.2) is 30.3 Å². The number of aliphatic hydroxyl groups is 1. The van der Waals surface area contributed by atoms with Gasteiger partial charge in [-0.3, -0.25) is 9.59 Å². The normalized spacial score (nSPS) is 26.2. The summed E-state index contributed by atoms with van der Waals surface area (Å²) in [5.74, 6) is -1.74. The number of fused-ring (bicyclic) bond motifs is 2. The molecule has 8 heteroatoms. The molecule has 1 aliphatic carbocycles. The standard InChI is InChI=1S/C21H21NO7/c1-9-19(25)13(22)7-16(29-9)28-8-10-5-12-18(15(24)6-10)21(27)17-11(20(12)26)3-2-4-14(17)23/h2-6,9,13,16,19,23-25H,7-8,22H2,1H3/t9?,13-,16-,19-/m0/s1. The molecule has 4 atom stereocenters. The molecule has 29 heavy (non-hydrogen) atoms. The molecule has 0 bridgehead atoms. The number of phenols is 2. The van der Waals surface area contributed by atoms with Gasteiger partial charge in [0.15, 0.2) is 12.1 Å². The molecule has 2 aromatic carbocycles. The van der Waals surface area contributed by atoms with Gasteiger partial charge in [-0.15, -0.1) is 0 Å². The molecule has 152 valence electrons. The Bertz CT molecular complexity index is 991. The lowest BCUT2D eigenvalue weighted by Gasteiger charge is -2.35. The first-order valence-electron chi connectivity index (χ1n) is 9.26. The van der Waals surface area contributed by atoms with E-state index in [9.17, 15) is 24.9 Å². The van der Waals surface area contributed by atoms with Gasteiger partial charge in [0.1, 0.15) is 11.5 Å². The van der Waals surface area contributed by atoms with Gasteiger partial charge in [0, 0.05) is 23.6 Å². The smallest absolute Gasteiger partial charge is 0.201 e. The lowest BCUT2D eigenvalue weighted by atomic mass is 9.82. The topological polar surface area (TPSA) is 139 Å². The van der Waals surface area contributed by atoms with E-state index >= 15 is 0 Å². The molecule has 0 spiro atoms. The zero-order valence-corrected chi connectivity index (χ0v) is 15.7. The van der Waals surface area contributed by atoms with Gasteiger partial charge in [-0.05, 0) is 30.7 Å². The van der Waals surface area contributed by atoms with E-state index in [-0.39, 0.29) is 40.4 Å². The maximum Gasteiger partial charge on any atom is 0.201 e. The van der Waals surface area contributed by atoms with E-state index in [1.54, 1.807) is 6.92 Å². The third-order valence-electron chi connectivity index (χ3n) is 5.35. The first-order chi connectivity index (χ1) is 13.8. The average molecular weight is 399 g/mol. The number of hydrogen-bond acceptors (Lipinski definition) is 8. The molecule has 0 amide bonds. The average Bonchev–Trinajstić information content (AvgIpc) is 2.68. The summed E-state index contributed by atoms with van der Waals surface area (Å²) in [5, 5.41) is 30.2. The van der Waals surface area contributed by atoms with Crippen molar-refractivity contribution in [2.24, 2.45) is 5.73 Å².